The van der Waals surface area contributed by atoms with Gasteiger partial charge in [-0.25, -0.2) is 0 Å². The SMILES string of the molecule is CCNC(=NCC1(O)CCSC1)N1CCN(C(C)=O)CC1.I. The maximum atomic E-state index is 11.4. The number of piperazine rings is 1. The van der Waals surface area contributed by atoms with Crippen LogP contribution in [0.2, 0.25) is 0 Å². The smallest absolute Gasteiger partial charge is 0.219 e. The average molecular weight is 442 g/mol. The van der Waals surface area contributed by atoms with Crippen molar-refractivity contribution < 1.29 is 9.90 Å². The van der Waals surface area contributed by atoms with Crippen molar-refractivity contribution >= 4 is 47.6 Å². The van der Waals surface area contributed by atoms with Crippen molar-refractivity contribution in [2.24, 2.45) is 4.99 Å². The van der Waals surface area contributed by atoms with Gasteiger partial charge in [-0.3, -0.25) is 9.79 Å². The van der Waals surface area contributed by atoms with Gasteiger partial charge in [0, 0.05) is 45.4 Å². The van der Waals surface area contributed by atoms with Crippen molar-refractivity contribution in [2.75, 3.05) is 50.8 Å². The zero-order chi connectivity index (χ0) is 15.3. The monoisotopic (exact) mass is 442 g/mol. The number of thioether (sulfide) groups is 1. The molecule has 2 aliphatic heterocycles. The third-order valence-corrected chi connectivity index (χ3v) is 5.20. The minimum Gasteiger partial charge on any atom is -0.387 e. The molecule has 2 heterocycles. The summed E-state index contributed by atoms with van der Waals surface area (Å²) >= 11 is 1.79. The first kappa shape index (κ1) is 19.8. The molecule has 1 unspecified atom stereocenters. The van der Waals surface area contributed by atoms with E-state index in [-0.39, 0.29) is 29.9 Å². The number of rotatable bonds is 3. The van der Waals surface area contributed by atoms with Crippen LogP contribution in [0.5, 0.6) is 0 Å². The van der Waals surface area contributed by atoms with E-state index < -0.39 is 5.60 Å². The van der Waals surface area contributed by atoms with Crippen molar-refractivity contribution in [2.45, 2.75) is 25.9 Å². The normalized spacial score (nSPS) is 25.9. The zero-order valence-corrected chi connectivity index (χ0v) is 16.5. The molecule has 2 rings (SSSR count). The molecular formula is C14H27IN4O2S. The molecule has 0 radical (unpaired) electrons. The highest BCUT2D eigenvalue weighted by atomic mass is 127. The molecule has 0 saturated carbocycles. The van der Waals surface area contributed by atoms with Gasteiger partial charge >= 0.3 is 0 Å². The molecular weight excluding hydrogens is 415 g/mol. The molecule has 2 fully saturated rings. The van der Waals surface area contributed by atoms with E-state index in [2.05, 4.69) is 15.2 Å². The van der Waals surface area contributed by atoms with E-state index >= 15 is 0 Å². The number of guanidine groups is 1. The number of hydrogen-bond acceptors (Lipinski definition) is 4. The number of nitrogens with one attached hydrogen (secondary N) is 1. The molecule has 22 heavy (non-hydrogen) atoms. The number of halogens is 1. The fourth-order valence-electron chi connectivity index (χ4n) is 2.60. The highest BCUT2D eigenvalue weighted by molar-refractivity contribution is 14.0. The molecule has 0 aromatic heterocycles. The van der Waals surface area contributed by atoms with Gasteiger partial charge in [0.2, 0.25) is 5.91 Å². The van der Waals surface area contributed by atoms with Crippen molar-refractivity contribution in [3.63, 3.8) is 0 Å². The van der Waals surface area contributed by atoms with Crippen LogP contribution in [0.4, 0.5) is 0 Å². The van der Waals surface area contributed by atoms with Crippen molar-refractivity contribution in [1.29, 1.82) is 0 Å². The van der Waals surface area contributed by atoms with Gasteiger partial charge in [-0.2, -0.15) is 11.8 Å². The van der Waals surface area contributed by atoms with Crippen LogP contribution >= 0.6 is 35.7 Å². The van der Waals surface area contributed by atoms with Gasteiger partial charge in [0.15, 0.2) is 5.96 Å². The van der Waals surface area contributed by atoms with Crippen LogP contribution in [0, 0.1) is 0 Å². The Labute approximate surface area is 154 Å². The Morgan fingerprint density at radius 2 is 1.95 bits per heavy atom. The Hall–Kier alpha value is -0.220. The van der Waals surface area contributed by atoms with E-state index in [0.717, 1.165) is 56.6 Å². The predicted octanol–water partition coefficient (Wildman–Crippen LogP) is 0.602. The first-order valence-electron chi connectivity index (χ1n) is 7.63. The number of aliphatic imine (C=N–C) groups is 1. The molecule has 128 valence electrons. The molecule has 2 saturated heterocycles. The van der Waals surface area contributed by atoms with Crippen LogP contribution < -0.4 is 5.32 Å². The second-order valence-corrected chi connectivity index (χ2v) is 6.80. The number of hydrogen-bond donors (Lipinski definition) is 2. The lowest BCUT2D eigenvalue weighted by molar-refractivity contribution is -0.130. The Morgan fingerprint density at radius 3 is 2.45 bits per heavy atom. The first-order chi connectivity index (χ1) is 10.0. The zero-order valence-electron chi connectivity index (χ0n) is 13.4. The lowest BCUT2D eigenvalue weighted by atomic mass is 10.0. The van der Waals surface area contributed by atoms with E-state index in [4.69, 9.17) is 0 Å². The van der Waals surface area contributed by atoms with E-state index in [9.17, 15) is 9.90 Å². The lowest BCUT2D eigenvalue weighted by Gasteiger charge is -2.36. The molecule has 6 nitrogen and oxygen atoms in total. The fourth-order valence-corrected chi connectivity index (χ4v) is 3.89. The molecule has 1 amide bonds. The molecule has 1 atom stereocenters. The fraction of sp³-hybridized carbons (Fsp3) is 0.857. The Morgan fingerprint density at radius 1 is 1.32 bits per heavy atom. The number of carbonyl (C=O) groups excluding carboxylic acids is 1. The molecule has 0 bridgehead atoms. The average Bonchev–Trinajstić information content (AvgIpc) is 2.91. The minimum atomic E-state index is -0.646. The summed E-state index contributed by atoms with van der Waals surface area (Å²) in [6.07, 6.45) is 0.818. The highest BCUT2D eigenvalue weighted by Crippen LogP contribution is 2.27. The summed E-state index contributed by atoms with van der Waals surface area (Å²) < 4.78 is 0. The van der Waals surface area contributed by atoms with Gasteiger partial charge in [-0.15, -0.1) is 24.0 Å². The van der Waals surface area contributed by atoms with Crippen LogP contribution in [0.15, 0.2) is 4.99 Å². The standard InChI is InChI=1S/C14H26N4O2S.HI/c1-3-15-13(16-10-14(20)4-9-21-11-14)18-7-5-17(6-8-18)12(2)19;/h20H,3-11H2,1-2H3,(H,15,16);1H. The Kier molecular flexibility index (Phi) is 8.26. The summed E-state index contributed by atoms with van der Waals surface area (Å²) in [7, 11) is 0. The van der Waals surface area contributed by atoms with Crippen LogP contribution in [0.1, 0.15) is 20.3 Å². The Bertz CT molecular complexity index is 394. The van der Waals surface area contributed by atoms with E-state index in [1.165, 1.54) is 0 Å². The summed E-state index contributed by atoms with van der Waals surface area (Å²) in [4.78, 5) is 20.0. The second-order valence-electron chi connectivity index (χ2n) is 5.69. The van der Waals surface area contributed by atoms with Gasteiger partial charge < -0.3 is 20.2 Å². The quantitative estimate of drug-likeness (QED) is 0.381. The van der Waals surface area contributed by atoms with Gasteiger partial charge in [0.05, 0.1) is 12.1 Å². The lowest BCUT2D eigenvalue weighted by Crippen LogP contribution is -2.53. The Balaban J connectivity index is 0.00000242. The first-order valence-corrected chi connectivity index (χ1v) is 8.78. The molecule has 0 spiro atoms. The maximum absolute atomic E-state index is 11.4. The summed E-state index contributed by atoms with van der Waals surface area (Å²) in [6.45, 7) is 7.97. The second kappa shape index (κ2) is 9.17. The third-order valence-electron chi connectivity index (χ3n) is 3.97. The van der Waals surface area contributed by atoms with Crippen molar-refractivity contribution in [1.82, 2.24) is 15.1 Å². The minimum absolute atomic E-state index is 0. The van der Waals surface area contributed by atoms with Crippen LogP contribution in [0.3, 0.4) is 0 Å². The van der Waals surface area contributed by atoms with Gasteiger partial charge in [-0.1, -0.05) is 0 Å². The molecule has 2 N–H and O–H groups in total. The molecule has 2 aliphatic rings. The van der Waals surface area contributed by atoms with Crippen LogP contribution in [-0.4, -0.2) is 83.1 Å². The van der Waals surface area contributed by atoms with Crippen molar-refractivity contribution in [3.8, 4) is 0 Å². The molecule has 8 heteroatoms. The molecule has 0 aliphatic carbocycles. The molecule has 0 aromatic carbocycles. The van der Waals surface area contributed by atoms with Crippen LogP contribution in [0.25, 0.3) is 0 Å². The predicted molar refractivity (Wildman–Crippen MR) is 102 cm³/mol. The summed E-state index contributed by atoms with van der Waals surface area (Å²) in [6, 6.07) is 0. The summed E-state index contributed by atoms with van der Waals surface area (Å²) in [5.41, 5.74) is -0.646. The topological polar surface area (TPSA) is 68.2 Å². The summed E-state index contributed by atoms with van der Waals surface area (Å²) in [5, 5.41) is 13.7. The third kappa shape index (κ3) is 5.45. The largest absolute Gasteiger partial charge is 0.387 e. The summed E-state index contributed by atoms with van der Waals surface area (Å²) in [5.74, 6) is 2.77. The van der Waals surface area contributed by atoms with Crippen LogP contribution in [-0.2, 0) is 4.79 Å². The van der Waals surface area contributed by atoms with E-state index in [1.807, 2.05) is 11.8 Å². The van der Waals surface area contributed by atoms with Crippen molar-refractivity contribution in [3.05, 3.63) is 0 Å². The number of carbonyl (C=O) groups is 1. The number of amides is 1. The number of aliphatic hydroxyl groups is 1. The number of nitrogens with zero attached hydrogens (tertiary/aromatic N) is 3. The van der Waals surface area contributed by atoms with Gasteiger partial charge in [-0.05, 0) is 19.1 Å². The molecule has 0 aromatic rings. The van der Waals surface area contributed by atoms with Gasteiger partial charge in [0.1, 0.15) is 0 Å². The van der Waals surface area contributed by atoms with E-state index in [0.29, 0.717) is 6.54 Å². The highest BCUT2D eigenvalue weighted by Gasteiger charge is 2.32. The van der Waals surface area contributed by atoms with E-state index in [1.54, 1.807) is 18.7 Å². The van der Waals surface area contributed by atoms with Gasteiger partial charge in [0.25, 0.3) is 0 Å². The maximum Gasteiger partial charge on any atom is 0.219 e.